The lowest BCUT2D eigenvalue weighted by Crippen LogP contribution is -2.36. The third-order valence-electron chi connectivity index (χ3n) is 3.39. The minimum absolute atomic E-state index is 0.0305. The van der Waals surface area contributed by atoms with Crippen molar-refractivity contribution in [3.63, 3.8) is 0 Å². The quantitative estimate of drug-likeness (QED) is 0.842. The number of carbonyl (C=O) groups is 1. The molecule has 4 nitrogen and oxygen atoms in total. The van der Waals surface area contributed by atoms with Gasteiger partial charge in [0.15, 0.2) is 0 Å². The van der Waals surface area contributed by atoms with E-state index in [4.69, 9.17) is 10.2 Å². The summed E-state index contributed by atoms with van der Waals surface area (Å²) in [5.41, 5.74) is 5.86. The fourth-order valence-corrected chi connectivity index (χ4v) is 2.03. The highest BCUT2D eigenvalue weighted by molar-refractivity contribution is 5.77. The lowest BCUT2D eigenvalue weighted by molar-refractivity contribution is -0.133. The average Bonchev–Trinajstić information content (AvgIpc) is 3.09. The molecule has 2 N–H and O–H groups in total. The molecular formula is C14H22N2O2. The maximum absolute atomic E-state index is 12.2. The first-order chi connectivity index (χ1) is 8.60. The smallest absolute Gasteiger partial charge is 0.224 e. The molecule has 0 saturated heterocycles. The largest absolute Gasteiger partial charge is 0.464 e. The van der Waals surface area contributed by atoms with E-state index in [1.807, 2.05) is 30.9 Å². The van der Waals surface area contributed by atoms with Crippen LogP contribution >= 0.6 is 0 Å². The Morgan fingerprint density at radius 3 is 2.78 bits per heavy atom. The van der Waals surface area contributed by atoms with Crippen molar-refractivity contribution in [2.75, 3.05) is 0 Å². The number of furan rings is 1. The fraction of sp³-hybridized carbons (Fsp3) is 0.643. The molecule has 0 bridgehead atoms. The molecule has 1 saturated carbocycles. The van der Waals surface area contributed by atoms with Crippen molar-refractivity contribution >= 4 is 5.91 Å². The molecule has 1 aliphatic carbocycles. The SMILES string of the molecule is CCC(N)CC(=O)N(Cc1ccc(C)o1)C1CC1. The van der Waals surface area contributed by atoms with E-state index in [1.54, 1.807) is 0 Å². The van der Waals surface area contributed by atoms with Crippen LogP contribution in [0.15, 0.2) is 16.5 Å². The summed E-state index contributed by atoms with van der Waals surface area (Å²) in [6, 6.07) is 4.24. The van der Waals surface area contributed by atoms with Gasteiger partial charge in [0.25, 0.3) is 0 Å². The van der Waals surface area contributed by atoms with Crippen LogP contribution in [-0.2, 0) is 11.3 Å². The summed E-state index contributed by atoms with van der Waals surface area (Å²) in [6.45, 7) is 4.50. The molecule has 1 aliphatic rings. The number of carbonyl (C=O) groups excluding carboxylic acids is 1. The van der Waals surface area contributed by atoms with Gasteiger partial charge >= 0.3 is 0 Å². The molecule has 100 valence electrons. The zero-order chi connectivity index (χ0) is 13.1. The molecule has 4 heteroatoms. The molecule has 1 amide bonds. The Kier molecular flexibility index (Phi) is 4.07. The van der Waals surface area contributed by atoms with E-state index in [2.05, 4.69) is 0 Å². The maximum Gasteiger partial charge on any atom is 0.224 e. The van der Waals surface area contributed by atoms with Gasteiger partial charge < -0.3 is 15.1 Å². The topological polar surface area (TPSA) is 59.5 Å². The Balaban J connectivity index is 1.97. The minimum Gasteiger partial charge on any atom is -0.464 e. The zero-order valence-corrected chi connectivity index (χ0v) is 11.2. The molecular weight excluding hydrogens is 228 g/mol. The summed E-state index contributed by atoms with van der Waals surface area (Å²) in [5.74, 6) is 1.90. The molecule has 1 aromatic heterocycles. The zero-order valence-electron chi connectivity index (χ0n) is 11.2. The van der Waals surface area contributed by atoms with Crippen LogP contribution in [0.5, 0.6) is 0 Å². The highest BCUT2D eigenvalue weighted by atomic mass is 16.3. The first kappa shape index (κ1) is 13.1. The van der Waals surface area contributed by atoms with Crippen LogP contribution < -0.4 is 5.73 Å². The van der Waals surface area contributed by atoms with Crippen molar-refractivity contribution in [2.24, 2.45) is 5.73 Å². The standard InChI is InChI=1S/C14H22N2O2/c1-3-11(15)8-14(17)16(12-5-6-12)9-13-7-4-10(2)18-13/h4,7,11-12H,3,5-6,8-9,15H2,1-2H3. The summed E-state index contributed by atoms with van der Waals surface area (Å²) in [5, 5.41) is 0. The van der Waals surface area contributed by atoms with Gasteiger partial charge in [-0.05, 0) is 38.3 Å². The first-order valence-corrected chi connectivity index (χ1v) is 6.70. The normalized spacial score (nSPS) is 16.6. The molecule has 1 heterocycles. The van der Waals surface area contributed by atoms with E-state index in [1.165, 1.54) is 0 Å². The number of hydrogen-bond acceptors (Lipinski definition) is 3. The molecule has 1 aromatic rings. The number of nitrogens with two attached hydrogens (primary N) is 1. The summed E-state index contributed by atoms with van der Waals surface area (Å²) in [7, 11) is 0. The second-order valence-corrected chi connectivity index (χ2v) is 5.14. The third kappa shape index (κ3) is 3.35. The first-order valence-electron chi connectivity index (χ1n) is 6.70. The number of hydrogen-bond donors (Lipinski definition) is 1. The van der Waals surface area contributed by atoms with Crippen LogP contribution in [-0.4, -0.2) is 22.9 Å². The molecule has 1 unspecified atom stereocenters. The minimum atomic E-state index is -0.0305. The lowest BCUT2D eigenvalue weighted by atomic mass is 10.1. The Labute approximate surface area is 108 Å². The van der Waals surface area contributed by atoms with Gasteiger partial charge in [0.05, 0.1) is 6.54 Å². The van der Waals surface area contributed by atoms with Gasteiger partial charge in [-0.25, -0.2) is 0 Å². The molecule has 18 heavy (non-hydrogen) atoms. The van der Waals surface area contributed by atoms with Gasteiger partial charge in [-0.2, -0.15) is 0 Å². The van der Waals surface area contributed by atoms with Gasteiger partial charge in [-0.3, -0.25) is 4.79 Å². The molecule has 1 atom stereocenters. The van der Waals surface area contributed by atoms with Gasteiger partial charge in [0, 0.05) is 18.5 Å². The second kappa shape index (κ2) is 5.57. The van der Waals surface area contributed by atoms with Crippen LogP contribution in [0.2, 0.25) is 0 Å². The molecule has 0 aromatic carbocycles. The number of aryl methyl sites for hydroxylation is 1. The van der Waals surface area contributed by atoms with Crippen molar-refractivity contribution in [2.45, 2.75) is 58.2 Å². The second-order valence-electron chi connectivity index (χ2n) is 5.14. The predicted octanol–water partition coefficient (Wildman–Crippen LogP) is 2.21. The average molecular weight is 250 g/mol. The third-order valence-corrected chi connectivity index (χ3v) is 3.39. The van der Waals surface area contributed by atoms with Crippen LogP contribution in [0, 0.1) is 6.92 Å². The molecule has 0 radical (unpaired) electrons. The summed E-state index contributed by atoms with van der Waals surface area (Å²) in [4.78, 5) is 14.1. The van der Waals surface area contributed by atoms with Gasteiger partial charge in [0.2, 0.25) is 5.91 Å². The summed E-state index contributed by atoms with van der Waals surface area (Å²) in [6.07, 6.45) is 3.48. The van der Waals surface area contributed by atoms with Crippen molar-refractivity contribution in [1.82, 2.24) is 4.90 Å². The highest BCUT2D eigenvalue weighted by Crippen LogP contribution is 2.29. The molecule has 2 rings (SSSR count). The number of nitrogens with zero attached hydrogens (tertiary/aromatic N) is 1. The van der Waals surface area contributed by atoms with E-state index in [9.17, 15) is 4.79 Å². The van der Waals surface area contributed by atoms with Gasteiger partial charge in [0.1, 0.15) is 11.5 Å². The van der Waals surface area contributed by atoms with Crippen LogP contribution in [0.1, 0.15) is 44.1 Å². The van der Waals surface area contributed by atoms with Gasteiger partial charge in [-0.1, -0.05) is 6.92 Å². The van der Waals surface area contributed by atoms with E-state index in [0.29, 0.717) is 19.0 Å². The Hall–Kier alpha value is -1.29. The van der Waals surface area contributed by atoms with Crippen molar-refractivity contribution in [1.29, 1.82) is 0 Å². The van der Waals surface area contributed by atoms with E-state index >= 15 is 0 Å². The Morgan fingerprint density at radius 2 is 2.28 bits per heavy atom. The predicted molar refractivity (Wildman–Crippen MR) is 69.9 cm³/mol. The Bertz CT molecular complexity index is 410. The van der Waals surface area contributed by atoms with Crippen LogP contribution in [0.25, 0.3) is 0 Å². The van der Waals surface area contributed by atoms with E-state index < -0.39 is 0 Å². The van der Waals surface area contributed by atoms with E-state index in [-0.39, 0.29) is 11.9 Å². The fourth-order valence-electron chi connectivity index (χ4n) is 2.03. The van der Waals surface area contributed by atoms with Crippen molar-refractivity contribution in [3.8, 4) is 0 Å². The lowest BCUT2D eigenvalue weighted by Gasteiger charge is -2.22. The molecule has 1 fully saturated rings. The summed E-state index contributed by atoms with van der Waals surface area (Å²) >= 11 is 0. The molecule has 0 aliphatic heterocycles. The van der Waals surface area contributed by atoms with Crippen molar-refractivity contribution < 1.29 is 9.21 Å². The number of amides is 1. The molecule has 0 spiro atoms. The monoisotopic (exact) mass is 250 g/mol. The Morgan fingerprint density at radius 1 is 1.56 bits per heavy atom. The van der Waals surface area contributed by atoms with Crippen molar-refractivity contribution in [3.05, 3.63) is 23.7 Å². The maximum atomic E-state index is 12.2. The number of rotatable bonds is 6. The van der Waals surface area contributed by atoms with Crippen LogP contribution in [0.3, 0.4) is 0 Å². The van der Waals surface area contributed by atoms with E-state index in [0.717, 1.165) is 30.8 Å². The van der Waals surface area contributed by atoms with Crippen LogP contribution in [0.4, 0.5) is 0 Å². The van der Waals surface area contributed by atoms with Gasteiger partial charge in [-0.15, -0.1) is 0 Å². The summed E-state index contributed by atoms with van der Waals surface area (Å²) < 4.78 is 5.55. The highest BCUT2D eigenvalue weighted by Gasteiger charge is 2.33.